The van der Waals surface area contributed by atoms with E-state index in [2.05, 4.69) is 10.6 Å². The van der Waals surface area contributed by atoms with Gasteiger partial charge in [-0.1, -0.05) is 0 Å². The number of Topliss-reactive ketones (excluding diaryl/α,β-unsaturated/α-hetero) is 2. The van der Waals surface area contributed by atoms with Crippen LogP contribution in [-0.2, 0) is 28.8 Å². The van der Waals surface area contributed by atoms with Crippen molar-refractivity contribution in [2.45, 2.75) is 49.9 Å². The molecule has 144 valence electrons. The molecule has 0 radical (unpaired) electrons. The van der Waals surface area contributed by atoms with Crippen LogP contribution in [0.5, 0.6) is 0 Å². The third-order valence-electron chi connectivity index (χ3n) is 3.74. The van der Waals surface area contributed by atoms with Gasteiger partial charge < -0.3 is 32.3 Å². The minimum Gasteiger partial charge on any atom is -0.481 e. The van der Waals surface area contributed by atoms with Crippen LogP contribution in [0.1, 0.15) is 25.7 Å². The highest BCUT2D eigenvalue weighted by molar-refractivity contribution is 6.19. The van der Waals surface area contributed by atoms with E-state index < -0.39 is 72.3 Å². The zero-order chi connectivity index (χ0) is 20.0. The van der Waals surface area contributed by atoms with Gasteiger partial charge in [-0.25, -0.2) is 0 Å². The molecule has 1 heterocycles. The summed E-state index contributed by atoms with van der Waals surface area (Å²) in [5, 5.41) is 21.3. The van der Waals surface area contributed by atoms with Crippen LogP contribution in [0.2, 0.25) is 0 Å². The molecule has 0 bridgehead atoms. The summed E-state index contributed by atoms with van der Waals surface area (Å²) in [4.78, 5) is 69.2. The van der Waals surface area contributed by atoms with Crippen LogP contribution in [-0.4, -0.2) is 69.7 Å². The number of hydrogen-bond donors (Lipinski definition) is 6. The van der Waals surface area contributed by atoms with E-state index >= 15 is 0 Å². The second-order valence-corrected chi connectivity index (χ2v) is 5.77. The lowest BCUT2D eigenvalue weighted by atomic mass is 9.95. The van der Waals surface area contributed by atoms with Gasteiger partial charge >= 0.3 is 11.9 Å². The number of rotatable bonds is 10. The number of amides is 2. The fourth-order valence-electron chi connectivity index (χ4n) is 2.25. The van der Waals surface area contributed by atoms with E-state index in [0.29, 0.717) is 0 Å². The van der Waals surface area contributed by atoms with Crippen molar-refractivity contribution in [1.29, 1.82) is 0 Å². The third-order valence-corrected chi connectivity index (χ3v) is 3.74. The van der Waals surface area contributed by atoms with Crippen molar-refractivity contribution in [2.75, 3.05) is 0 Å². The predicted octanol–water partition coefficient (Wildman–Crippen LogP) is -3.51. The predicted molar refractivity (Wildman–Crippen MR) is 83.6 cm³/mol. The highest BCUT2D eigenvalue weighted by atomic mass is 16.4. The molecule has 12 heteroatoms. The Hall–Kier alpha value is -2.86. The van der Waals surface area contributed by atoms with Crippen LogP contribution in [0, 0.1) is 0 Å². The summed E-state index contributed by atoms with van der Waals surface area (Å²) in [7, 11) is 0. The van der Waals surface area contributed by atoms with Gasteiger partial charge in [-0.15, -0.1) is 0 Å². The van der Waals surface area contributed by atoms with Crippen LogP contribution in [0.4, 0.5) is 0 Å². The molecule has 8 N–H and O–H groups in total. The molecule has 0 saturated carbocycles. The lowest BCUT2D eigenvalue weighted by Gasteiger charge is -2.30. The van der Waals surface area contributed by atoms with E-state index in [1.54, 1.807) is 0 Å². The van der Waals surface area contributed by atoms with Gasteiger partial charge in [0.1, 0.15) is 0 Å². The van der Waals surface area contributed by atoms with Crippen LogP contribution < -0.4 is 22.1 Å². The van der Waals surface area contributed by atoms with Gasteiger partial charge in [0, 0.05) is 12.8 Å². The lowest BCUT2D eigenvalue weighted by molar-refractivity contribution is -0.146. The van der Waals surface area contributed by atoms with Gasteiger partial charge in [0.2, 0.25) is 0 Å². The lowest BCUT2D eigenvalue weighted by Crippen LogP contribution is -2.69. The Labute approximate surface area is 147 Å². The maximum atomic E-state index is 12.1. The van der Waals surface area contributed by atoms with E-state index in [1.807, 2.05) is 0 Å². The van der Waals surface area contributed by atoms with Gasteiger partial charge in [0.05, 0.1) is 12.1 Å². The minimum atomic E-state index is -1.65. The summed E-state index contributed by atoms with van der Waals surface area (Å²) in [6, 6.07) is -5.87. The van der Waals surface area contributed by atoms with Crippen molar-refractivity contribution in [3.8, 4) is 0 Å². The molecular formula is C14H20N4O8. The summed E-state index contributed by atoms with van der Waals surface area (Å²) in [6.45, 7) is 0. The molecule has 0 aromatic heterocycles. The normalized spacial score (nSPS) is 21.9. The number of carbonyl (C=O) groups is 6. The molecule has 12 nitrogen and oxygen atoms in total. The number of ketones is 2. The molecule has 0 aliphatic carbocycles. The number of piperazine rings is 1. The van der Waals surface area contributed by atoms with E-state index in [9.17, 15) is 28.8 Å². The standard InChI is InChI=1S/C14H20N4O8/c15-5(1-3-7(19)20)11(23)9-13(25)18-10(14(26)17-9)12(24)6(16)2-4-8(21)22/h5-6,9-10H,1-4,15-16H2,(H,17,26)(H,18,25)(H,19,20)(H,21,22)/t5-,6-,9?,10?/m0/s1. The molecule has 0 spiro atoms. The van der Waals surface area contributed by atoms with Gasteiger partial charge in [-0.3, -0.25) is 28.8 Å². The second kappa shape index (κ2) is 9.01. The minimum absolute atomic E-state index is 0.226. The van der Waals surface area contributed by atoms with E-state index in [-0.39, 0.29) is 12.8 Å². The first kappa shape index (κ1) is 21.2. The molecule has 26 heavy (non-hydrogen) atoms. The monoisotopic (exact) mass is 372 g/mol. The Morgan fingerprint density at radius 2 is 1.12 bits per heavy atom. The van der Waals surface area contributed by atoms with E-state index in [0.717, 1.165) is 0 Å². The van der Waals surface area contributed by atoms with Crippen LogP contribution in [0.3, 0.4) is 0 Å². The fourth-order valence-corrected chi connectivity index (χ4v) is 2.25. The Kier molecular flexibility index (Phi) is 7.34. The summed E-state index contributed by atoms with van der Waals surface area (Å²) in [5.41, 5.74) is 11.1. The topological polar surface area (TPSA) is 219 Å². The van der Waals surface area contributed by atoms with Crippen LogP contribution >= 0.6 is 0 Å². The summed E-state index contributed by atoms with van der Waals surface area (Å²) in [5.74, 6) is -6.09. The zero-order valence-corrected chi connectivity index (χ0v) is 13.6. The summed E-state index contributed by atoms with van der Waals surface area (Å²) >= 11 is 0. The SMILES string of the molecule is N[C@@H](CCC(=O)O)C(=O)C1NC(=O)C(C(=O)[C@@H](N)CCC(=O)O)NC1=O. The van der Waals surface area contributed by atoms with Gasteiger partial charge in [-0.2, -0.15) is 0 Å². The number of nitrogens with two attached hydrogens (primary N) is 2. The molecule has 2 amide bonds. The van der Waals surface area contributed by atoms with Crippen molar-refractivity contribution < 1.29 is 39.0 Å². The molecule has 1 fully saturated rings. The molecule has 0 aromatic carbocycles. The Morgan fingerprint density at radius 3 is 1.38 bits per heavy atom. The van der Waals surface area contributed by atoms with Gasteiger partial charge in [0.15, 0.2) is 23.7 Å². The van der Waals surface area contributed by atoms with Crippen molar-refractivity contribution >= 4 is 35.3 Å². The molecule has 2 unspecified atom stereocenters. The first-order valence-electron chi connectivity index (χ1n) is 7.67. The molecular weight excluding hydrogens is 352 g/mol. The zero-order valence-electron chi connectivity index (χ0n) is 13.6. The van der Waals surface area contributed by atoms with Crippen LogP contribution in [0.15, 0.2) is 0 Å². The number of aliphatic carboxylic acids is 2. The van der Waals surface area contributed by atoms with Crippen LogP contribution in [0.25, 0.3) is 0 Å². The number of carboxylic acids is 2. The maximum Gasteiger partial charge on any atom is 0.303 e. The number of nitrogens with one attached hydrogen (secondary N) is 2. The molecule has 4 atom stereocenters. The average Bonchev–Trinajstić information content (AvgIpc) is 2.57. The Bertz CT molecular complexity index is 580. The van der Waals surface area contributed by atoms with Gasteiger partial charge in [-0.05, 0) is 12.8 Å². The second-order valence-electron chi connectivity index (χ2n) is 5.77. The number of carbonyl (C=O) groups excluding carboxylic acids is 4. The number of hydrogen-bond acceptors (Lipinski definition) is 8. The molecule has 1 saturated heterocycles. The summed E-state index contributed by atoms with van der Waals surface area (Å²) < 4.78 is 0. The average molecular weight is 372 g/mol. The van der Waals surface area contributed by atoms with Crippen molar-refractivity contribution in [3.05, 3.63) is 0 Å². The Morgan fingerprint density at radius 1 is 0.808 bits per heavy atom. The van der Waals surface area contributed by atoms with Crippen molar-refractivity contribution in [2.24, 2.45) is 11.5 Å². The highest BCUT2D eigenvalue weighted by Gasteiger charge is 2.43. The summed E-state index contributed by atoms with van der Waals surface area (Å²) in [6.07, 6.45) is -1.24. The largest absolute Gasteiger partial charge is 0.481 e. The van der Waals surface area contributed by atoms with Crippen molar-refractivity contribution in [1.82, 2.24) is 10.6 Å². The van der Waals surface area contributed by atoms with E-state index in [4.69, 9.17) is 21.7 Å². The molecule has 1 aliphatic heterocycles. The smallest absolute Gasteiger partial charge is 0.303 e. The van der Waals surface area contributed by atoms with Gasteiger partial charge in [0.25, 0.3) is 11.8 Å². The molecule has 0 aromatic rings. The molecule has 1 rings (SSSR count). The van der Waals surface area contributed by atoms with Crippen molar-refractivity contribution in [3.63, 3.8) is 0 Å². The highest BCUT2D eigenvalue weighted by Crippen LogP contribution is 2.08. The Balaban J connectivity index is 2.71. The first-order chi connectivity index (χ1) is 12.0. The molecule has 1 aliphatic rings. The fraction of sp³-hybridized carbons (Fsp3) is 0.571. The number of carboxylic acid groups (broad SMARTS) is 2. The first-order valence-corrected chi connectivity index (χ1v) is 7.67. The third kappa shape index (κ3) is 5.60. The van der Waals surface area contributed by atoms with E-state index in [1.165, 1.54) is 0 Å². The maximum absolute atomic E-state index is 12.1. The quantitative estimate of drug-likeness (QED) is 0.208.